The fraction of sp³-hybridized carbons (Fsp3) is 0.429. The van der Waals surface area contributed by atoms with Crippen LogP contribution in [0.4, 0.5) is 4.39 Å². The molecule has 5 heteroatoms. The molecule has 0 spiro atoms. The molecule has 0 aliphatic heterocycles. The van der Waals surface area contributed by atoms with Gasteiger partial charge in [0.1, 0.15) is 11.5 Å². The number of para-hydroxylation sites is 1. The smallest absolute Gasteiger partial charge is 0.272 e. The molecule has 26 heavy (non-hydrogen) atoms. The van der Waals surface area contributed by atoms with Gasteiger partial charge in [0.05, 0.1) is 0 Å². The van der Waals surface area contributed by atoms with Crippen molar-refractivity contribution in [2.45, 2.75) is 51.4 Å². The minimum absolute atomic E-state index is 0.144. The fourth-order valence-corrected chi connectivity index (χ4v) is 3.99. The van der Waals surface area contributed by atoms with Gasteiger partial charge in [-0.25, -0.2) is 9.07 Å². The Labute approximate surface area is 153 Å². The quantitative estimate of drug-likeness (QED) is 0.822. The number of fused-ring (bicyclic) bond motifs is 1. The number of amides is 1. The van der Waals surface area contributed by atoms with E-state index in [9.17, 15) is 9.18 Å². The fourth-order valence-electron chi connectivity index (χ4n) is 3.99. The van der Waals surface area contributed by atoms with E-state index in [-0.39, 0.29) is 11.7 Å². The van der Waals surface area contributed by atoms with Crippen molar-refractivity contribution in [1.82, 2.24) is 15.1 Å². The summed E-state index contributed by atoms with van der Waals surface area (Å²) in [5, 5.41) is 7.48. The Bertz CT molecular complexity index is 853. The number of halogens is 1. The summed E-state index contributed by atoms with van der Waals surface area (Å²) in [6.45, 7) is 0.631. The number of aromatic nitrogens is 2. The highest BCUT2D eigenvalue weighted by molar-refractivity contribution is 5.94. The van der Waals surface area contributed by atoms with Crippen molar-refractivity contribution < 1.29 is 9.18 Å². The SMILES string of the molecule is O=C(NCCC1=CCCCC1)c1nn(-c2ccccc2F)c2c1CCC2. The first-order chi connectivity index (χ1) is 12.7. The van der Waals surface area contributed by atoms with Gasteiger partial charge in [-0.2, -0.15) is 5.10 Å². The Kier molecular flexibility index (Phi) is 4.87. The van der Waals surface area contributed by atoms with Crippen LogP contribution in [-0.4, -0.2) is 22.2 Å². The van der Waals surface area contributed by atoms with Crippen LogP contribution in [-0.2, 0) is 12.8 Å². The first-order valence-electron chi connectivity index (χ1n) is 9.56. The van der Waals surface area contributed by atoms with Crippen molar-refractivity contribution in [3.8, 4) is 5.69 Å². The maximum atomic E-state index is 14.2. The minimum atomic E-state index is -0.319. The number of carbonyl (C=O) groups excluding carboxylic acids is 1. The number of allylic oxidation sites excluding steroid dienone is 1. The minimum Gasteiger partial charge on any atom is -0.350 e. The van der Waals surface area contributed by atoms with E-state index in [4.69, 9.17) is 0 Å². The van der Waals surface area contributed by atoms with Gasteiger partial charge < -0.3 is 5.32 Å². The molecule has 0 saturated carbocycles. The number of hydrogen-bond acceptors (Lipinski definition) is 2. The summed E-state index contributed by atoms with van der Waals surface area (Å²) in [5.41, 5.74) is 4.26. The summed E-state index contributed by atoms with van der Waals surface area (Å²) in [4.78, 5) is 12.7. The molecule has 0 bridgehead atoms. The van der Waals surface area contributed by atoms with Gasteiger partial charge in [0, 0.05) is 17.8 Å². The highest BCUT2D eigenvalue weighted by atomic mass is 19.1. The topological polar surface area (TPSA) is 46.9 Å². The molecular formula is C21H24FN3O. The predicted molar refractivity (Wildman–Crippen MR) is 99.0 cm³/mol. The summed E-state index contributed by atoms with van der Waals surface area (Å²) >= 11 is 0. The van der Waals surface area contributed by atoms with Crippen LogP contribution in [0.1, 0.15) is 60.3 Å². The molecule has 0 radical (unpaired) electrons. The largest absolute Gasteiger partial charge is 0.350 e. The number of benzene rings is 1. The van der Waals surface area contributed by atoms with Gasteiger partial charge in [-0.3, -0.25) is 4.79 Å². The predicted octanol–water partition coefficient (Wildman–Crippen LogP) is 4.12. The Morgan fingerprint density at radius 3 is 2.85 bits per heavy atom. The van der Waals surface area contributed by atoms with Crippen LogP contribution < -0.4 is 5.32 Å². The van der Waals surface area contributed by atoms with Gasteiger partial charge in [0.2, 0.25) is 0 Å². The van der Waals surface area contributed by atoms with Crippen molar-refractivity contribution >= 4 is 5.91 Å². The molecule has 1 aromatic heterocycles. The summed E-state index contributed by atoms with van der Waals surface area (Å²) in [5.74, 6) is -0.462. The van der Waals surface area contributed by atoms with E-state index in [2.05, 4.69) is 16.5 Å². The molecular weight excluding hydrogens is 329 g/mol. The Hall–Kier alpha value is -2.43. The number of nitrogens with one attached hydrogen (secondary N) is 1. The molecule has 2 aliphatic rings. The molecule has 136 valence electrons. The molecule has 0 saturated heterocycles. The van der Waals surface area contributed by atoms with Crippen LogP contribution in [0.25, 0.3) is 5.69 Å². The van der Waals surface area contributed by atoms with E-state index >= 15 is 0 Å². The third kappa shape index (κ3) is 3.30. The van der Waals surface area contributed by atoms with E-state index in [1.165, 1.54) is 24.5 Å². The lowest BCUT2D eigenvalue weighted by molar-refractivity contribution is 0.0947. The van der Waals surface area contributed by atoms with Crippen molar-refractivity contribution in [3.63, 3.8) is 0 Å². The first kappa shape index (κ1) is 17.0. The van der Waals surface area contributed by atoms with Crippen LogP contribution in [0.2, 0.25) is 0 Å². The highest BCUT2D eigenvalue weighted by Crippen LogP contribution is 2.28. The highest BCUT2D eigenvalue weighted by Gasteiger charge is 2.27. The molecule has 1 heterocycles. The number of carbonyl (C=O) groups is 1. The zero-order chi connectivity index (χ0) is 17.9. The second-order valence-electron chi connectivity index (χ2n) is 7.10. The normalized spacial score (nSPS) is 16.3. The lowest BCUT2D eigenvalue weighted by atomic mass is 9.97. The van der Waals surface area contributed by atoms with Gasteiger partial charge in [0.15, 0.2) is 5.69 Å². The van der Waals surface area contributed by atoms with E-state index in [1.807, 2.05) is 0 Å². The van der Waals surface area contributed by atoms with Gasteiger partial charge in [-0.05, 0) is 63.5 Å². The number of rotatable bonds is 5. The lowest BCUT2D eigenvalue weighted by Crippen LogP contribution is -2.26. The van der Waals surface area contributed by atoms with Crippen molar-refractivity contribution in [1.29, 1.82) is 0 Å². The van der Waals surface area contributed by atoms with E-state index in [0.29, 0.717) is 17.9 Å². The lowest BCUT2D eigenvalue weighted by Gasteiger charge is -2.12. The monoisotopic (exact) mass is 353 g/mol. The Morgan fingerprint density at radius 1 is 1.15 bits per heavy atom. The molecule has 0 unspecified atom stereocenters. The van der Waals surface area contributed by atoms with Crippen molar-refractivity contribution in [3.05, 3.63) is 58.7 Å². The molecule has 4 rings (SSSR count). The summed E-state index contributed by atoms with van der Waals surface area (Å²) in [6.07, 6.45) is 10.7. The Balaban J connectivity index is 1.52. The van der Waals surface area contributed by atoms with Crippen LogP contribution in [0.3, 0.4) is 0 Å². The van der Waals surface area contributed by atoms with E-state index in [0.717, 1.165) is 49.8 Å². The average molecular weight is 353 g/mol. The van der Waals surface area contributed by atoms with E-state index in [1.54, 1.807) is 22.9 Å². The number of hydrogen-bond donors (Lipinski definition) is 1. The van der Waals surface area contributed by atoms with E-state index < -0.39 is 0 Å². The maximum absolute atomic E-state index is 14.2. The third-order valence-corrected chi connectivity index (χ3v) is 5.34. The third-order valence-electron chi connectivity index (χ3n) is 5.34. The van der Waals surface area contributed by atoms with Gasteiger partial charge in [-0.1, -0.05) is 23.8 Å². The van der Waals surface area contributed by atoms with Gasteiger partial charge >= 0.3 is 0 Å². The first-order valence-corrected chi connectivity index (χ1v) is 9.56. The van der Waals surface area contributed by atoms with Gasteiger partial charge in [0.25, 0.3) is 5.91 Å². The maximum Gasteiger partial charge on any atom is 0.272 e. The summed E-state index contributed by atoms with van der Waals surface area (Å²) < 4.78 is 15.8. The molecule has 2 aliphatic carbocycles. The molecule has 0 atom stereocenters. The molecule has 1 aromatic carbocycles. The molecule has 4 nitrogen and oxygen atoms in total. The van der Waals surface area contributed by atoms with Gasteiger partial charge in [-0.15, -0.1) is 0 Å². The van der Waals surface area contributed by atoms with Crippen LogP contribution >= 0.6 is 0 Å². The molecule has 0 fully saturated rings. The zero-order valence-corrected chi connectivity index (χ0v) is 14.9. The van der Waals surface area contributed by atoms with Crippen LogP contribution in [0, 0.1) is 5.82 Å². The zero-order valence-electron chi connectivity index (χ0n) is 14.9. The summed E-state index contributed by atoms with van der Waals surface area (Å²) in [7, 11) is 0. The van der Waals surface area contributed by atoms with Crippen molar-refractivity contribution in [2.75, 3.05) is 6.54 Å². The standard InChI is InChI=1S/C21H24FN3O/c22-17-10-4-5-11-19(17)25-18-12-6-9-16(18)20(24-25)21(26)23-14-13-15-7-2-1-3-8-15/h4-5,7,10-11H,1-3,6,8-9,12-14H2,(H,23,26). The second kappa shape index (κ2) is 7.44. The average Bonchev–Trinajstić information content (AvgIpc) is 3.26. The molecule has 2 aromatic rings. The van der Waals surface area contributed by atoms with Crippen LogP contribution in [0.15, 0.2) is 35.9 Å². The second-order valence-corrected chi connectivity index (χ2v) is 7.10. The molecule has 1 N–H and O–H groups in total. The molecule has 1 amide bonds. The van der Waals surface area contributed by atoms with Crippen LogP contribution in [0.5, 0.6) is 0 Å². The van der Waals surface area contributed by atoms with Crippen molar-refractivity contribution in [2.24, 2.45) is 0 Å². The Morgan fingerprint density at radius 2 is 2.04 bits per heavy atom. The number of nitrogens with zero attached hydrogens (tertiary/aromatic N) is 2. The summed E-state index contributed by atoms with van der Waals surface area (Å²) in [6, 6.07) is 6.59.